The summed E-state index contributed by atoms with van der Waals surface area (Å²) in [4.78, 5) is 18.3. The molecular formula is C12H7Cl2FKN3O3. The van der Waals surface area contributed by atoms with Crippen molar-refractivity contribution in [3.63, 3.8) is 0 Å². The summed E-state index contributed by atoms with van der Waals surface area (Å²) in [5.74, 6) is -3.31. The number of hydrogen-bond acceptors (Lipinski definition) is 6. The molecule has 0 aliphatic heterocycles. The van der Waals surface area contributed by atoms with E-state index in [9.17, 15) is 14.3 Å². The number of methoxy groups -OCH3 is 1. The van der Waals surface area contributed by atoms with Crippen molar-refractivity contribution in [2.45, 2.75) is 0 Å². The zero-order chi connectivity index (χ0) is 15.7. The summed E-state index contributed by atoms with van der Waals surface area (Å²) in [5.41, 5.74) is 4.72. The molecule has 0 spiro atoms. The number of anilines is 1. The Morgan fingerprint density at radius 2 is 2.00 bits per heavy atom. The summed E-state index contributed by atoms with van der Waals surface area (Å²) in [6.45, 7) is 0. The third-order valence-electron chi connectivity index (χ3n) is 2.56. The number of benzene rings is 1. The first-order valence-corrected chi connectivity index (χ1v) is 6.19. The molecule has 2 aromatic rings. The van der Waals surface area contributed by atoms with Crippen LogP contribution in [0.3, 0.4) is 0 Å². The van der Waals surface area contributed by atoms with Crippen LogP contribution in [0.4, 0.5) is 10.2 Å². The maximum Gasteiger partial charge on any atom is 1.00 e. The molecule has 10 heteroatoms. The average Bonchev–Trinajstić information content (AvgIpc) is 2.42. The molecular weight excluding hydrogens is 363 g/mol. The molecule has 0 saturated carbocycles. The fraction of sp³-hybridized carbons (Fsp3) is 0.0833. The summed E-state index contributed by atoms with van der Waals surface area (Å²) in [6.07, 6.45) is 0. The van der Waals surface area contributed by atoms with Gasteiger partial charge < -0.3 is 20.4 Å². The molecule has 0 radical (unpaired) electrons. The Kier molecular flexibility index (Phi) is 7.00. The summed E-state index contributed by atoms with van der Waals surface area (Å²) >= 11 is 11.4. The number of halogens is 3. The number of nitrogens with two attached hydrogens (primary N) is 1. The van der Waals surface area contributed by atoms with Crippen LogP contribution in [0, 0.1) is 5.82 Å². The number of ether oxygens (including phenoxy) is 1. The van der Waals surface area contributed by atoms with Crippen LogP contribution in [0.5, 0.6) is 5.75 Å². The Hall–Kier alpha value is -0.484. The first kappa shape index (κ1) is 19.6. The Morgan fingerprint density at radius 1 is 1.36 bits per heavy atom. The zero-order valence-corrected chi connectivity index (χ0v) is 16.1. The maximum absolute atomic E-state index is 14.3. The Balaban J connectivity index is 0.00000242. The molecule has 0 aliphatic carbocycles. The van der Waals surface area contributed by atoms with Gasteiger partial charge in [-0.15, -0.1) is 0 Å². The van der Waals surface area contributed by atoms with E-state index in [1.165, 1.54) is 19.2 Å². The number of carbonyl (C=O) groups is 1. The van der Waals surface area contributed by atoms with E-state index in [0.717, 1.165) is 0 Å². The van der Waals surface area contributed by atoms with Gasteiger partial charge in [-0.3, -0.25) is 0 Å². The van der Waals surface area contributed by atoms with E-state index in [4.69, 9.17) is 33.7 Å². The van der Waals surface area contributed by atoms with Gasteiger partial charge >= 0.3 is 51.4 Å². The maximum atomic E-state index is 14.3. The van der Waals surface area contributed by atoms with Gasteiger partial charge in [0.2, 0.25) is 0 Å². The largest absolute Gasteiger partial charge is 1.00 e. The van der Waals surface area contributed by atoms with E-state index in [0.29, 0.717) is 0 Å². The van der Waals surface area contributed by atoms with Crippen LogP contribution in [0.2, 0.25) is 10.0 Å². The van der Waals surface area contributed by atoms with Crippen molar-refractivity contribution >= 4 is 35.0 Å². The molecule has 0 unspecified atom stereocenters. The van der Waals surface area contributed by atoms with Gasteiger partial charge in [0.25, 0.3) is 0 Å². The van der Waals surface area contributed by atoms with Crippen molar-refractivity contribution in [2.75, 3.05) is 12.8 Å². The fourth-order valence-corrected chi connectivity index (χ4v) is 2.00. The molecule has 0 saturated heterocycles. The van der Waals surface area contributed by atoms with Gasteiger partial charge in [0.1, 0.15) is 16.5 Å². The van der Waals surface area contributed by atoms with Crippen LogP contribution in [-0.4, -0.2) is 23.0 Å². The van der Waals surface area contributed by atoms with Crippen LogP contribution in [-0.2, 0) is 0 Å². The zero-order valence-electron chi connectivity index (χ0n) is 11.5. The Bertz CT molecular complexity index is 746. The van der Waals surface area contributed by atoms with Crippen molar-refractivity contribution in [1.82, 2.24) is 9.97 Å². The summed E-state index contributed by atoms with van der Waals surface area (Å²) < 4.78 is 19.1. The number of nitrogens with zero attached hydrogens (tertiary/aromatic N) is 2. The Labute approximate surface area is 177 Å². The second kappa shape index (κ2) is 7.87. The van der Waals surface area contributed by atoms with Crippen LogP contribution < -0.4 is 67.0 Å². The van der Waals surface area contributed by atoms with Gasteiger partial charge in [-0.2, -0.15) is 0 Å². The molecule has 0 bridgehead atoms. The second-order valence-corrected chi connectivity index (χ2v) is 4.61. The topological polar surface area (TPSA) is 101 Å². The van der Waals surface area contributed by atoms with Crippen molar-refractivity contribution in [2.24, 2.45) is 0 Å². The van der Waals surface area contributed by atoms with Crippen molar-refractivity contribution < 1.29 is 70.4 Å². The number of aromatic nitrogens is 2. The van der Waals surface area contributed by atoms with Gasteiger partial charge in [0.05, 0.1) is 23.7 Å². The minimum absolute atomic E-state index is 0. The molecule has 0 amide bonds. The van der Waals surface area contributed by atoms with Gasteiger partial charge in [0.15, 0.2) is 17.4 Å². The van der Waals surface area contributed by atoms with E-state index in [-0.39, 0.29) is 84.4 Å². The predicted octanol–water partition coefficient (Wildman–Crippen LogP) is -1.45. The monoisotopic (exact) mass is 369 g/mol. The number of aromatic carboxylic acids is 1. The van der Waals surface area contributed by atoms with Gasteiger partial charge in [-0.1, -0.05) is 23.2 Å². The molecule has 0 aliphatic rings. The van der Waals surface area contributed by atoms with Crippen LogP contribution >= 0.6 is 23.2 Å². The Morgan fingerprint density at radius 3 is 2.55 bits per heavy atom. The number of hydrogen-bond donors (Lipinski definition) is 1. The molecule has 6 nitrogen and oxygen atoms in total. The minimum Gasteiger partial charge on any atom is -0.543 e. The van der Waals surface area contributed by atoms with Crippen LogP contribution in [0.1, 0.15) is 10.5 Å². The van der Waals surface area contributed by atoms with E-state index in [1.807, 2.05) is 0 Å². The average molecular weight is 370 g/mol. The first-order chi connectivity index (χ1) is 9.86. The number of carbonyl (C=O) groups excluding carboxylic acids is 1. The number of carboxylic acids is 1. The third kappa shape index (κ3) is 3.70. The summed E-state index contributed by atoms with van der Waals surface area (Å²) in [6, 6.07) is 2.62. The molecule has 110 valence electrons. The molecule has 2 N–H and O–H groups in total. The molecule has 1 heterocycles. The van der Waals surface area contributed by atoms with Crippen molar-refractivity contribution in [3.05, 3.63) is 33.7 Å². The van der Waals surface area contributed by atoms with E-state index in [1.54, 1.807) is 0 Å². The molecule has 2 rings (SSSR count). The minimum atomic E-state index is -1.66. The van der Waals surface area contributed by atoms with Crippen LogP contribution in [0.15, 0.2) is 12.1 Å². The second-order valence-electron chi connectivity index (χ2n) is 3.82. The molecule has 0 atom stereocenters. The predicted molar refractivity (Wildman–Crippen MR) is 72.7 cm³/mol. The quantitative estimate of drug-likeness (QED) is 0.664. The summed E-state index contributed by atoms with van der Waals surface area (Å²) in [7, 11) is 1.23. The smallest absolute Gasteiger partial charge is 0.543 e. The number of nitrogen functional groups attached to an aromatic ring is 1. The van der Waals surface area contributed by atoms with E-state index >= 15 is 0 Å². The van der Waals surface area contributed by atoms with Crippen molar-refractivity contribution in [3.8, 4) is 17.1 Å². The standard InChI is InChI=1S/C12H8Cl2FN3O3.K/c1-21-9-5(13)3-2-4(7(9)15)11-17-8(12(19)20)6(14)10(16)18-11;/h2-3H,1H3,(H,19,20)(H2,16,17,18);/q;+1/p-1. The number of carboxylic acid groups (broad SMARTS) is 1. The molecule has 22 heavy (non-hydrogen) atoms. The van der Waals surface area contributed by atoms with Crippen LogP contribution in [0.25, 0.3) is 11.4 Å². The molecule has 1 aromatic carbocycles. The van der Waals surface area contributed by atoms with E-state index in [2.05, 4.69) is 9.97 Å². The van der Waals surface area contributed by atoms with Gasteiger partial charge in [0, 0.05) is 0 Å². The normalized spacial score (nSPS) is 10.0. The summed E-state index contributed by atoms with van der Waals surface area (Å²) in [5, 5.41) is 10.6. The SMILES string of the molecule is COc1c(Cl)ccc(-c2nc(N)c(Cl)c(C(=O)[O-])n2)c1F.[K+]. The van der Waals surface area contributed by atoms with Crippen molar-refractivity contribution in [1.29, 1.82) is 0 Å². The molecule has 0 fully saturated rings. The third-order valence-corrected chi connectivity index (χ3v) is 3.23. The fourth-order valence-electron chi connectivity index (χ4n) is 1.61. The number of rotatable bonds is 3. The molecule has 1 aromatic heterocycles. The first-order valence-electron chi connectivity index (χ1n) is 5.43. The van der Waals surface area contributed by atoms with E-state index < -0.39 is 17.5 Å². The van der Waals surface area contributed by atoms with Gasteiger partial charge in [-0.25, -0.2) is 14.4 Å². The van der Waals surface area contributed by atoms with Gasteiger partial charge in [-0.05, 0) is 12.1 Å².